The first-order valence-corrected chi connectivity index (χ1v) is 9.28. The summed E-state index contributed by atoms with van der Waals surface area (Å²) in [4.78, 5) is 27.4. The molecule has 0 radical (unpaired) electrons. The van der Waals surface area contributed by atoms with Crippen LogP contribution in [0.2, 0.25) is 0 Å². The van der Waals surface area contributed by atoms with Crippen molar-refractivity contribution < 1.29 is 14.0 Å². The number of carbonyl (C=O) groups excluding carboxylic acids is 2. The summed E-state index contributed by atoms with van der Waals surface area (Å²) in [6, 6.07) is 14.8. The molecule has 8 heteroatoms. The van der Waals surface area contributed by atoms with Crippen LogP contribution in [-0.4, -0.2) is 26.9 Å². The Labute approximate surface area is 158 Å². The van der Waals surface area contributed by atoms with Gasteiger partial charge in [0.2, 0.25) is 18.2 Å². The predicted molar refractivity (Wildman–Crippen MR) is 100 cm³/mol. The van der Waals surface area contributed by atoms with E-state index in [-0.39, 0.29) is 11.8 Å². The summed E-state index contributed by atoms with van der Waals surface area (Å²) in [7, 11) is 0. The Kier molecular flexibility index (Phi) is 3.54. The molecule has 2 aliphatic rings. The second kappa shape index (κ2) is 5.95. The molecule has 1 atom stereocenters. The van der Waals surface area contributed by atoms with Crippen LogP contribution in [-0.2, 0) is 9.59 Å². The van der Waals surface area contributed by atoms with Crippen molar-refractivity contribution in [2.75, 3.05) is 10.2 Å². The van der Waals surface area contributed by atoms with Gasteiger partial charge in [-0.05, 0) is 36.8 Å². The summed E-state index contributed by atoms with van der Waals surface area (Å²) < 4.78 is 5.21. The maximum absolute atomic E-state index is 13.3. The summed E-state index contributed by atoms with van der Waals surface area (Å²) in [5.74, 6) is 0.143. The molecule has 0 spiro atoms. The van der Waals surface area contributed by atoms with Crippen molar-refractivity contribution in [1.82, 2.24) is 10.2 Å². The molecular formula is C19H14N4O3S. The minimum Gasteiger partial charge on any atom is -0.423 e. The van der Waals surface area contributed by atoms with Gasteiger partial charge in [0.05, 0.1) is 5.69 Å². The van der Waals surface area contributed by atoms with Gasteiger partial charge in [0.25, 0.3) is 5.91 Å². The molecule has 0 bridgehead atoms. The van der Waals surface area contributed by atoms with E-state index in [4.69, 9.17) is 4.42 Å². The first-order chi connectivity index (χ1) is 13.2. The molecule has 5 rings (SSSR count). The summed E-state index contributed by atoms with van der Waals surface area (Å²) in [6.07, 6.45) is 2.09. The molecule has 0 aliphatic carbocycles. The molecule has 27 heavy (non-hydrogen) atoms. The Morgan fingerprint density at radius 1 is 1.22 bits per heavy atom. The van der Waals surface area contributed by atoms with Crippen LogP contribution in [0.3, 0.4) is 0 Å². The molecule has 3 aromatic rings. The van der Waals surface area contributed by atoms with Crippen molar-refractivity contribution in [3.8, 4) is 11.5 Å². The Morgan fingerprint density at radius 2 is 2.11 bits per heavy atom. The van der Waals surface area contributed by atoms with Crippen LogP contribution in [0.1, 0.15) is 12.8 Å². The topological polar surface area (TPSA) is 88.3 Å². The van der Waals surface area contributed by atoms with Crippen LogP contribution >= 0.6 is 11.8 Å². The molecule has 1 saturated heterocycles. The highest BCUT2D eigenvalue weighted by atomic mass is 32.2. The van der Waals surface area contributed by atoms with Crippen molar-refractivity contribution in [3.63, 3.8) is 0 Å². The molecule has 0 saturated carbocycles. The van der Waals surface area contributed by atoms with Crippen molar-refractivity contribution in [3.05, 3.63) is 54.9 Å². The highest BCUT2D eigenvalue weighted by Crippen LogP contribution is 2.56. The van der Waals surface area contributed by atoms with Gasteiger partial charge in [0.15, 0.2) is 4.87 Å². The first kappa shape index (κ1) is 16.1. The number of fused-ring (bicyclic) bond motifs is 3. The van der Waals surface area contributed by atoms with E-state index >= 15 is 0 Å². The van der Waals surface area contributed by atoms with Crippen LogP contribution in [0.25, 0.3) is 11.5 Å². The smallest absolute Gasteiger partial charge is 0.261 e. The van der Waals surface area contributed by atoms with E-state index in [1.807, 2.05) is 30.3 Å². The van der Waals surface area contributed by atoms with Gasteiger partial charge in [-0.1, -0.05) is 30.0 Å². The SMILES string of the molecule is O=C1CCC2(C(=O)Nc3cccc(-c4nnco4)c3)Sc3ccccc3N12. The van der Waals surface area contributed by atoms with Gasteiger partial charge in [-0.25, -0.2) is 0 Å². The summed E-state index contributed by atoms with van der Waals surface area (Å²) in [6.45, 7) is 0. The van der Waals surface area contributed by atoms with E-state index < -0.39 is 4.87 Å². The zero-order valence-electron chi connectivity index (χ0n) is 14.1. The molecule has 7 nitrogen and oxygen atoms in total. The number of benzene rings is 2. The van der Waals surface area contributed by atoms with Crippen molar-refractivity contribution in [2.24, 2.45) is 0 Å². The van der Waals surface area contributed by atoms with Crippen LogP contribution in [0.5, 0.6) is 0 Å². The fourth-order valence-electron chi connectivity index (χ4n) is 3.56. The summed E-state index contributed by atoms with van der Waals surface area (Å²) in [5, 5.41) is 10.5. The molecule has 2 aromatic carbocycles. The van der Waals surface area contributed by atoms with Crippen LogP contribution in [0, 0.1) is 0 Å². The maximum atomic E-state index is 13.3. The van der Waals surface area contributed by atoms with Gasteiger partial charge >= 0.3 is 0 Å². The van der Waals surface area contributed by atoms with E-state index in [0.29, 0.717) is 30.0 Å². The minimum atomic E-state index is -0.943. The molecule has 1 unspecified atom stereocenters. The van der Waals surface area contributed by atoms with Crippen molar-refractivity contribution in [2.45, 2.75) is 22.6 Å². The van der Waals surface area contributed by atoms with Gasteiger partial charge < -0.3 is 9.73 Å². The zero-order valence-corrected chi connectivity index (χ0v) is 14.9. The number of rotatable bonds is 3. The van der Waals surface area contributed by atoms with Crippen LogP contribution in [0.4, 0.5) is 11.4 Å². The average molecular weight is 378 g/mol. The Bertz CT molecular complexity index is 1050. The number of nitrogens with one attached hydrogen (secondary N) is 1. The standard InChI is InChI=1S/C19H14N4O3S/c24-16-8-9-19(23(16)14-6-1-2-7-15(14)27-19)18(25)21-13-5-3-4-12(10-13)17-22-20-11-26-17/h1-7,10-11H,8-9H2,(H,21,25). The number of carbonyl (C=O) groups is 2. The van der Waals surface area contributed by atoms with Gasteiger partial charge in [-0.15, -0.1) is 10.2 Å². The highest BCUT2D eigenvalue weighted by molar-refractivity contribution is 8.02. The van der Waals surface area contributed by atoms with Crippen LogP contribution in [0.15, 0.2) is 64.2 Å². The lowest BCUT2D eigenvalue weighted by Crippen LogP contribution is -2.49. The number of aromatic nitrogens is 2. The zero-order chi connectivity index (χ0) is 18.4. The molecular weight excluding hydrogens is 364 g/mol. The van der Waals surface area contributed by atoms with E-state index in [1.54, 1.807) is 23.1 Å². The lowest BCUT2D eigenvalue weighted by molar-refractivity contribution is -0.121. The molecule has 2 aliphatic heterocycles. The van der Waals surface area contributed by atoms with Gasteiger partial charge in [0.1, 0.15) is 0 Å². The molecule has 2 amide bonds. The third kappa shape index (κ3) is 2.44. The fourth-order valence-corrected chi connectivity index (χ4v) is 4.97. The van der Waals surface area contributed by atoms with Gasteiger partial charge in [-0.3, -0.25) is 14.5 Å². The lowest BCUT2D eigenvalue weighted by Gasteiger charge is -2.29. The number of thioether (sulfide) groups is 1. The minimum absolute atomic E-state index is 0.0257. The van der Waals surface area contributed by atoms with E-state index in [1.165, 1.54) is 18.2 Å². The molecule has 1 aromatic heterocycles. The number of anilines is 2. The quantitative estimate of drug-likeness (QED) is 0.752. The second-order valence-electron chi connectivity index (χ2n) is 6.36. The number of nitrogens with zero attached hydrogens (tertiary/aromatic N) is 3. The predicted octanol–water partition coefficient (Wildman–Crippen LogP) is 3.30. The van der Waals surface area contributed by atoms with Gasteiger partial charge in [0, 0.05) is 22.6 Å². The summed E-state index contributed by atoms with van der Waals surface area (Å²) in [5.41, 5.74) is 2.13. The molecule has 3 heterocycles. The van der Waals surface area contributed by atoms with Gasteiger partial charge in [-0.2, -0.15) is 0 Å². The number of amides is 2. The van der Waals surface area contributed by atoms with Crippen molar-refractivity contribution >= 4 is 35.0 Å². The molecule has 134 valence electrons. The normalized spacial score (nSPS) is 20.4. The van der Waals surface area contributed by atoms with E-state index in [2.05, 4.69) is 15.5 Å². The Morgan fingerprint density at radius 3 is 2.96 bits per heavy atom. The molecule has 1 N–H and O–H groups in total. The number of hydrogen-bond acceptors (Lipinski definition) is 6. The van der Waals surface area contributed by atoms with Crippen molar-refractivity contribution in [1.29, 1.82) is 0 Å². The largest absolute Gasteiger partial charge is 0.423 e. The maximum Gasteiger partial charge on any atom is 0.261 e. The number of para-hydroxylation sites is 1. The molecule has 1 fully saturated rings. The lowest BCUT2D eigenvalue weighted by atomic mass is 10.1. The monoisotopic (exact) mass is 378 g/mol. The van der Waals surface area contributed by atoms with E-state index in [0.717, 1.165) is 10.6 Å². The van der Waals surface area contributed by atoms with Crippen LogP contribution < -0.4 is 10.2 Å². The third-order valence-electron chi connectivity index (χ3n) is 4.76. The highest BCUT2D eigenvalue weighted by Gasteiger charge is 2.57. The Balaban J connectivity index is 1.47. The first-order valence-electron chi connectivity index (χ1n) is 8.46. The number of hydrogen-bond donors (Lipinski definition) is 1. The summed E-state index contributed by atoms with van der Waals surface area (Å²) >= 11 is 1.44. The second-order valence-corrected chi connectivity index (χ2v) is 7.68. The average Bonchev–Trinajstić information content (AvgIpc) is 3.38. The third-order valence-corrected chi connectivity index (χ3v) is 6.23. The Hall–Kier alpha value is -3.13. The van der Waals surface area contributed by atoms with E-state index in [9.17, 15) is 9.59 Å². The fraction of sp³-hybridized carbons (Fsp3) is 0.158.